The summed E-state index contributed by atoms with van der Waals surface area (Å²) in [5.74, 6) is -1.70. The van der Waals surface area contributed by atoms with Gasteiger partial charge in [0.2, 0.25) is 0 Å². The molecule has 0 aromatic heterocycles. The van der Waals surface area contributed by atoms with Crippen molar-refractivity contribution >= 4 is 33.3 Å². The number of aliphatic carboxylic acids is 1. The van der Waals surface area contributed by atoms with E-state index < -0.39 is 27.9 Å². The van der Waals surface area contributed by atoms with Crippen LogP contribution in [0.25, 0.3) is 0 Å². The van der Waals surface area contributed by atoms with Crippen LogP contribution in [0.1, 0.15) is 25.7 Å². The predicted molar refractivity (Wildman–Crippen MR) is 73.2 cm³/mol. The third-order valence-corrected chi connectivity index (χ3v) is 4.04. The lowest BCUT2D eigenvalue weighted by Crippen LogP contribution is -2.46. The Kier molecular flexibility index (Phi) is 3.94. The molecule has 0 radical (unpaired) electrons. The maximum atomic E-state index is 13.4. The van der Waals surface area contributed by atoms with Crippen LogP contribution < -0.4 is 5.32 Å². The molecule has 6 nitrogen and oxygen atoms in total. The molecule has 0 amide bonds. The van der Waals surface area contributed by atoms with E-state index in [1.54, 1.807) is 0 Å². The minimum atomic E-state index is -0.971. The van der Waals surface area contributed by atoms with E-state index in [0.29, 0.717) is 12.8 Å². The highest BCUT2D eigenvalue weighted by molar-refractivity contribution is 9.10. The number of rotatable bonds is 5. The number of halogens is 2. The first kappa shape index (κ1) is 14.7. The number of nitrogens with one attached hydrogen (secondary N) is 1. The van der Waals surface area contributed by atoms with Crippen LogP contribution in [-0.4, -0.2) is 21.5 Å². The summed E-state index contributed by atoms with van der Waals surface area (Å²) >= 11 is 2.97. The zero-order valence-corrected chi connectivity index (χ0v) is 11.9. The van der Waals surface area contributed by atoms with E-state index in [1.807, 2.05) is 0 Å². The number of hydrogen-bond donors (Lipinski definition) is 2. The van der Waals surface area contributed by atoms with E-state index in [4.69, 9.17) is 5.11 Å². The number of carboxylic acid groups (broad SMARTS) is 1. The zero-order valence-electron chi connectivity index (χ0n) is 10.4. The largest absolute Gasteiger partial charge is 0.481 e. The molecule has 2 rings (SSSR count). The standard InChI is InChI=1S/C12H12BrFN2O4/c13-7-4-9(10(16(19)20)5-8(7)14)15-12(2-1-3-12)6-11(17)18/h4-5,15H,1-3,6H2,(H,17,18). The number of carboxylic acids is 1. The first-order valence-corrected chi connectivity index (χ1v) is 6.76. The van der Waals surface area contributed by atoms with Gasteiger partial charge in [-0.1, -0.05) is 0 Å². The van der Waals surface area contributed by atoms with Gasteiger partial charge in [0, 0.05) is 5.54 Å². The number of hydrogen-bond acceptors (Lipinski definition) is 4. The van der Waals surface area contributed by atoms with E-state index in [2.05, 4.69) is 21.2 Å². The summed E-state index contributed by atoms with van der Waals surface area (Å²) in [6.07, 6.45) is 1.96. The second-order valence-electron chi connectivity index (χ2n) is 4.87. The molecule has 0 saturated heterocycles. The molecule has 1 aromatic rings. The van der Waals surface area contributed by atoms with Crippen LogP contribution in [0.15, 0.2) is 16.6 Å². The van der Waals surface area contributed by atoms with Crippen molar-refractivity contribution in [3.63, 3.8) is 0 Å². The zero-order chi connectivity index (χ0) is 14.9. The van der Waals surface area contributed by atoms with Gasteiger partial charge < -0.3 is 10.4 Å². The summed E-state index contributed by atoms with van der Waals surface area (Å²) in [6, 6.07) is 2.09. The van der Waals surface area contributed by atoms with Crippen LogP contribution >= 0.6 is 15.9 Å². The van der Waals surface area contributed by atoms with Crippen molar-refractivity contribution in [3.8, 4) is 0 Å². The second kappa shape index (κ2) is 5.35. The number of anilines is 1. The number of nitro benzene ring substituents is 1. The van der Waals surface area contributed by atoms with E-state index >= 15 is 0 Å². The predicted octanol–water partition coefficient (Wildman–Crippen LogP) is 3.31. The Labute approximate surface area is 122 Å². The molecule has 0 unspecified atom stereocenters. The molecule has 1 aliphatic rings. The molecule has 20 heavy (non-hydrogen) atoms. The number of nitrogens with zero attached hydrogens (tertiary/aromatic N) is 1. The third-order valence-electron chi connectivity index (χ3n) is 3.44. The van der Waals surface area contributed by atoms with Crippen LogP contribution in [0.5, 0.6) is 0 Å². The van der Waals surface area contributed by atoms with Crippen LogP contribution in [0.3, 0.4) is 0 Å². The quantitative estimate of drug-likeness (QED) is 0.630. The maximum absolute atomic E-state index is 13.4. The molecule has 0 atom stereocenters. The Morgan fingerprint density at radius 2 is 2.20 bits per heavy atom. The fourth-order valence-corrected chi connectivity index (χ4v) is 2.66. The minimum absolute atomic E-state index is 0.0930. The van der Waals surface area contributed by atoms with E-state index in [1.165, 1.54) is 6.07 Å². The second-order valence-corrected chi connectivity index (χ2v) is 5.72. The average Bonchev–Trinajstić information content (AvgIpc) is 2.29. The van der Waals surface area contributed by atoms with Crippen molar-refractivity contribution < 1.29 is 19.2 Å². The topological polar surface area (TPSA) is 92.5 Å². The molecule has 0 bridgehead atoms. The summed E-state index contributed by atoms with van der Waals surface area (Å²) in [5.41, 5.74) is -0.958. The highest BCUT2D eigenvalue weighted by Gasteiger charge is 2.40. The summed E-state index contributed by atoms with van der Waals surface area (Å²) in [5, 5.41) is 22.8. The molecular formula is C12H12BrFN2O4. The van der Waals surface area contributed by atoms with Gasteiger partial charge >= 0.3 is 5.97 Å². The molecule has 1 saturated carbocycles. The van der Waals surface area contributed by atoms with Gasteiger partial charge in [0.05, 0.1) is 21.9 Å². The van der Waals surface area contributed by atoms with Crippen molar-refractivity contribution in [1.82, 2.24) is 0 Å². The van der Waals surface area contributed by atoms with Gasteiger partial charge in [-0.05, 0) is 41.3 Å². The van der Waals surface area contributed by atoms with Crippen molar-refractivity contribution in [3.05, 3.63) is 32.5 Å². The Morgan fingerprint density at radius 1 is 1.55 bits per heavy atom. The van der Waals surface area contributed by atoms with E-state index in [9.17, 15) is 19.3 Å². The lowest BCUT2D eigenvalue weighted by molar-refractivity contribution is -0.384. The molecule has 1 fully saturated rings. The molecule has 2 N–H and O–H groups in total. The molecule has 8 heteroatoms. The summed E-state index contributed by atoms with van der Waals surface area (Å²) in [7, 11) is 0. The van der Waals surface area contributed by atoms with Crippen LogP contribution in [0.4, 0.5) is 15.8 Å². The molecule has 0 heterocycles. The number of carbonyl (C=O) groups is 1. The summed E-state index contributed by atoms with van der Waals surface area (Å²) < 4.78 is 13.5. The Balaban J connectivity index is 2.34. The van der Waals surface area contributed by atoms with Crippen LogP contribution in [0, 0.1) is 15.9 Å². The van der Waals surface area contributed by atoms with Crippen molar-refractivity contribution in [1.29, 1.82) is 0 Å². The van der Waals surface area contributed by atoms with Crippen molar-refractivity contribution in [2.75, 3.05) is 5.32 Å². The van der Waals surface area contributed by atoms with Crippen molar-refractivity contribution in [2.24, 2.45) is 0 Å². The summed E-state index contributed by atoms with van der Waals surface area (Å²) in [4.78, 5) is 21.2. The van der Waals surface area contributed by atoms with Gasteiger partial charge in [-0.3, -0.25) is 14.9 Å². The minimum Gasteiger partial charge on any atom is -0.481 e. The highest BCUT2D eigenvalue weighted by atomic mass is 79.9. The smallest absolute Gasteiger partial charge is 0.305 e. The van der Waals surface area contributed by atoms with E-state index in [-0.39, 0.29) is 16.6 Å². The van der Waals surface area contributed by atoms with Gasteiger partial charge in [0.1, 0.15) is 11.5 Å². The lowest BCUT2D eigenvalue weighted by atomic mass is 9.74. The summed E-state index contributed by atoms with van der Waals surface area (Å²) in [6.45, 7) is 0. The van der Waals surface area contributed by atoms with E-state index in [0.717, 1.165) is 12.5 Å². The average molecular weight is 347 g/mol. The Hall–Kier alpha value is -1.70. The Bertz CT molecular complexity index is 575. The molecule has 108 valence electrons. The molecule has 0 spiro atoms. The maximum Gasteiger partial charge on any atom is 0.305 e. The fourth-order valence-electron chi connectivity index (χ4n) is 2.31. The van der Waals surface area contributed by atoms with Crippen molar-refractivity contribution in [2.45, 2.75) is 31.2 Å². The van der Waals surface area contributed by atoms with Gasteiger partial charge in [-0.2, -0.15) is 0 Å². The molecule has 1 aliphatic carbocycles. The molecular weight excluding hydrogens is 335 g/mol. The monoisotopic (exact) mass is 346 g/mol. The number of benzene rings is 1. The first-order chi connectivity index (χ1) is 9.33. The highest BCUT2D eigenvalue weighted by Crippen LogP contribution is 2.41. The van der Waals surface area contributed by atoms with Crippen LogP contribution in [-0.2, 0) is 4.79 Å². The fraction of sp³-hybridized carbons (Fsp3) is 0.417. The third kappa shape index (κ3) is 2.90. The molecule has 1 aromatic carbocycles. The van der Waals surface area contributed by atoms with Gasteiger partial charge in [-0.15, -0.1) is 0 Å². The normalized spacial score (nSPS) is 16.3. The first-order valence-electron chi connectivity index (χ1n) is 5.96. The van der Waals surface area contributed by atoms with Gasteiger partial charge in [0.15, 0.2) is 0 Å². The lowest BCUT2D eigenvalue weighted by Gasteiger charge is -2.42. The SMILES string of the molecule is O=C(O)CC1(Nc2cc(Br)c(F)cc2[N+](=O)[O-])CCC1. The molecule has 0 aliphatic heterocycles. The van der Waals surface area contributed by atoms with Crippen LogP contribution in [0.2, 0.25) is 0 Å². The Morgan fingerprint density at radius 3 is 2.65 bits per heavy atom. The van der Waals surface area contributed by atoms with Gasteiger partial charge in [-0.25, -0.2) is 4.39 Å². The van der Waals surface area contributed by atoms with Gasteiger partial charge in [0.25, 0.3) is 5.69 Å². The number of nitro groups is 1.